The molecule has 0 amide bonds. The lowest BCUT2D eigenvalue weighted by molar-refractivity contribution is 0.171. The fraction of sp³-hybridized carbons (Fsp3) is 1.00. The van der Waals surface area contributed by atoms with E-state index >= 15 is 0 Å². The van der Waals surface area contributed by atoms with E-state index in [0.29, 0.717) is 6.04 Å². The first-order chi connectivity index (χ1) is 7.72. The Kier molecular flexibility index (Phi) is 7.50. The summed E-state index contributed by atoms with van der Waals surface area (Å²) in [6.45, 7) is 9.62. The summed E-state index contributed by atoms with van der Waals surface area (Å²) in [5.74, 6) is 2.19. The van der Waals surface area contributed by atoms with E-state index in [0.717, 1.165) is 5.92 Å². The second-order valence-electron chi connectivity index (χ2n) is 5.22. The number of likely N-dealkylation sites (tertiary alicyclic amines) is 1. The van der Waals surface area contributed by atoms with Crippen LogP contribution in [0.2, 0.25) is 0 Å². The molecule has 1 atom stereocenters. The largest absolute Gasteiger partial charge is 0.314 e. The van der Waals surface area contributed by atoms with Gasteiger partial charge in [0.25, 0.3) is 0 Å². The van der Waals surface area contributed by atoms with Crippen LogP contribution in [0.4, 0.5) is 0 Å². The summed E-state index contributed by atoms with van der Waals surface area (Å²) in [7, 11) is 0. The average molecular weight is 244 g/mol. The second-order valence-corrected chi connectivity index (χ2v) is 6.20. The fourth-order valence-electron chi connectivity index (χ4n) is 2.36. The Balaban J connectivity index is 2.14. The van der Waals surface area contributed by atoms with E-state index in [-0.39, 0.29) is 0 Å². The SMILES string of the molecule is CSCCCN1CCCC(CNC(C)C)C1. The molecular formula is C13H28N2S. The number of piperidine rings is 1. The number of hydrogen-bond acceptors (Lipinski definition) is 3. The maximum Gasteiger partial charge on any atom is 0.00218 e. The van der Waals surface area contributed by atoms with E-state index in [2.05, 4.69) is 30.3 Å². The number of rotatable bonds is 7. The maximum absolute atomic E-state index is 3.57. The molecule has 0 aromatic carbocycles. The van der Waals surface area contributed by atoms with E-state index < -0.39 is 0 Å². The van der Waals surface area contributed by atoms with Gasteiger partial charge in [-0.2, -0.15) is 11.8 Å². The Labute approximate surface area is 106 Å². The lowest BCUT2D eigenvalue weighted by atomic mass is 9.97. The Morgan fingerprint density at radius 3 is 2.94 bits per heavy atom. The average Bonchev–Trinajstić information content (AvgIpc) is 2.27. The monoisotopic (exact) mass is 244 g/mol. The Morgan fingerprint density at radius 1 is 1.44 bits per heavy atom. The summed E-state index contributed by atoms with van der Waals surface area (Å²) in [6.07, 6.45) is 6.36. The molecule has 1 fully saturated rings. The van der Waals surface area contributed by atoms with Gasteiger partial charge in [0.1, 0.15) is 0 Å². The van der Waals surface area contributed by atoms with Crippen molar-refractivity contribution in [3.05, 3.63) is 0 Å². The number of nitrogens with one attached hydrogen (secondary N) is 1. The molecular weight excluding hydrogens is 216 g/mol. The highest BCUT2D eigenvalue weighted by atomic mass is 32.2. The van der Waals surface area contributed by atoms with Gasteiger partial charge in [-0.1, -0.05) is 13.8 Å². The maximum atomic E-state index is 3.57. The van der Waals surface area contributed by atoms with Crippen molar-refractivity contribution in [2.45, 2.75) is 39.2 Å². The standard InChI is InChI=1S/C13H28N2S/c1-12(2)14-10-13-6-4-7-15(11-13)8-5-9-16-3/h12-14H,4-11H2,1-3H3. The van der Waals surface area contributed by atoms with Crippen LogP contribution in [-0.2, 0) is 0 Å². The minimum Gasteiger partial charge on any atom is -0.314 e. The zero-order valence-corrected chi connectivity index (χ0v) is 12.0. The van der Waals surface area contributed by atoms with Crippen molar-refractivity contribution in [1.82, 2.24) is 10.2 Å². The van der Waals surface area contributed by atoms with Gasteiger partial charge in [0.05, 0.1) is 0 Å². The molecule has 0 aromatic heterocycles. The highest BCUT2D eigenvalue weighted by molar-refractivity contribution is 7.98. The van der Waals surface area contributed by atoms with Crippen LogP contribution in [0.5, 0.6) is 0 Å². The summed E-state index contributed by atoms with van der Waals surface area (Å²) in [5.41, 5.74) is 0. The molecule has 0 aromatic rings. The first-order valence-electron chi connectivity index (χ1n) is 6.67. The summed E-state index contributed by atoms with van der Waals surface area (Å²) in [4.78, 5) is 2.66. The van der Waals surface area contributed by atoms with Crippen LogP contribution in [0, 0.1) is 5.92 Å². The predicted octanol–water partition coefficient (Wildman–Crippen LogP) is 2.45. The minimum absolute atomic E-state index is 0.631. The number of thioether (sulfide) groups is 1. The molecule has 0 saturated carbocycles. The van der Waals surface area contributed by atoms with Gasteiger partial charge in [0.2, 0.25) is 0 Å². The molecule has 96 valence electrons. The molecule has 1 saturated heterocycles. The third kappa shape index (κ3) is 6.12. The third-order valence-electron chi connectivity index (χ3n) is 3.24. The number of hydrogen-bond donors (Lipinski definition) is 1. The lowest BCUT2D eigenvalue weighted by Gasteiger charge is -2.33. The smallest absolute Gasteiger partial charge is 0.00218 e. The minimum atomic E-state index is 0.631. The Bertz CT molecular complexity index is 173. The van der Waals surface area contributed by atoms with Crippen molar-refractivity contribution < 1.29 is 0 Å². The first kappa shape index (κ1) is 14.3. The molecule has 1 aliphatic rings. The van der Waals surface area contributed by atoms with Crippen molar-refractivity contribution in [3.63, 3.8) is 0 Å². The van der Waals surface area contributed by atoms with Crippen LogP contribution < -0.4 is 5.32 Å². The highest BCUT2D eigenvalue weighted by Gasteiger charge is 2.19. The normalized spacial score (nSPS) is 22.9. The summed E-state index contributed by atoms with van der Waals surface area (Å²) < 4.78 is 0. The second kappa shape index (κ2) is 8.37. The van der Waals surface area contributed by atoms with Gasteiger partial charge in [0, 0.05) is 12.6 Å². The molecule has 1 aliphatic heterocycles. The van der Waals surface area contributed by atoms with Gasteiger partial charge in [0.15, 0.2) is 0 Å². The highest BCUT2D eigenvalue weighted by Crippen LogP contribution is 2.16. The molecule has 2 nitrogen and oxygen atoms in total. The van der Waals surface area contributed by atoms with Crippen molar-refractivity contribution >= 4 is 11.8 Å². The number of nitrogens with zero attached hydrogens (tertiary/aromatic N) is 1. The lowest BCUT2D eigenvalue weighted by Crippen LogP contribution is -2.41. The zero-order valence-electron chi connectivity index (χ0n) is 11.2. The third-order valence-corrected chi connectivity index (χ3v) is 3.94. The summed E-state index contributed by atoms with van der Waals surface area (Å²) in [6, 6.07) is 0.631. The molecule has 16 heavy (non-hydrogen) atoms. The topological polar surface area (TPSA) is 15.3 Å². The van der Waals surface area contributed by atoms with E-state index in [1.54, 1.807) is 0 Å². The van der Waals surface area contributed by atoms with Crippen LogP contribution in [-0.4, -0.2) is 49.1 Å². The van der Waals surface area contributed by atoms with Crippen molar-refractivity contribution in [2.24, 2.45) is 5.92 Å². The van der Waals surface area contributed by atoms with Crippen LogP contribution in [0.15, 0.2) is 0 Å². The molecule has 0 bridgehead atoms. The van der Waals surface area contributed by atoms with Crippen molar-refractivity contribution in [1.29, 1.82) is 0 Å². The molecule has 1 unspecified atom stereocenters. The van der Waals surface area contributed by atoms with Crippen LogP contribution in [0.3, 0.4) is 0 Å². The molecule has 3 heteroatoms. The molecule has 1 N–H and O–H groups in total. The van der Waals surface area contributed by atoms with Crippen molar-refractivity contribution in [3.8, 4) is 0 Å². The van der Waals surface area contributed by atoms with Gasteiger partial charge in [-0.05, 0) is 56.8 Å². The molecule has 0 radical (unpaired) electrons. The van der Waals surface area contributed by atoms with E-state index in [9.17, 15) is 0 Å². The van der Waals surface area contributed by atoms with Crippen LogP contribution in [0.25, 0.3) is 0 Å². The molecule has 1 rings (SSSR count). The quantitative estimate of drug-likeness (QED) is 0.693. The van der Waals surface area contributed by atoms with E-state index in [1.807, 2.05) is 11.8 Å². The van der Waals surface area contributed by atoms with E-state index in [4.69, 9.17) is 0 Å². The van der Waals surface area contributed by atoms with Crippen molar-refractivity contribution in [2.75, 3.05) is 38.2 Å². The zero-order chi connectivity index (χ0) is 11.8. The van der Waals surface area contributed by atoms with Gasteiger partial charge in [-0.25, -0.2) is 0 Å². The fourth-order valence-corrected chi connectivity index (χ4v) is 2.77. The van der Waals surface area contributed by atoms with Gasteiger partial charge in [-0.15, -0.1) is 0 Å². The Morgan fingerprint density at radius 2 is 2.25 bits per heavy atom. The first-order valence-corrected chi connectivity index (χ1v) is 8.06. The van der Waals surface area contributed by atoms with Crippen LogP contribution in [0.1, 0.15) is 33.1 Å². The predicted molar refractivity (Wildman–Crippen MR) is 75.3 cm³/mol. The van der Waals surface area contributed by atoms with Gasteiger partial charge < -0.3 is 10.2 Å². The Hall–Kier alpha value is 0.270. The van der Waals surface area contributed by atoms with Gasteiger partial charge in [-0.3, -0.25) is 0 Å². The molecule has 0 spiro atoms. The molecule has 1 heterocycles. The van der Waals surface area contributed by atoms with E-state index in [1.165, 1.54) is 51.2 Å². The molecule has 0 aliphatic carbocycles. The summed E-state index contributed by atoms with van der Waals surface area (Å²) >= 11 is 1.97. The van der Waals surface area contributed by atoms with Crippen LogP contribution >= 0.6 is 11.8 Å². The summed E-state index contributed by atoms with van der Waals surface area (Å²) in [5, 5.41) is 3.57. The van der Waals surface area contributed by atoms with Gasteiger partial charge >= 0.3 is 0 Å².